The maximum absolute atomic E-state index is 13.5. The molecule has 8 heteroatoms. The number of carbonyl (C=O) groups excluding carboxylic acids is 3. The van der Waals surface area contributed by atoms with Crippen molar-refractivity contribution >= 4 is 46.5 Å². The molecule has 0 aromatic heterocycles. The summed E-state index contributed by atoms with van der Waals surface area (Å²) in [6, 6.07) is 29.6. The number of rotatable bonds is 9. The molecule has 1 aliphatic rings. The molecule has 0 saturated carbocycles. The summed E-state index contributed by atoms with van der Waals surface area (Å²) >= 11 is 1.15. The second kappa shape index (κ2) is 12.0. The first-order valence-electron chi connectivity index (χ1n) is 12.7. The first-order chi connectivity index (χ1) is 19.4. The van der Waals surface area contributed by atoms with Gasteiger partial charge in [-0.25, -0.2) is 9.29 Å². The molecule has 5 rings (SSSR count). The van der Waals surface area contributed by atoms with Crippen molar-refractivity contribution in [2.45, 2.75) is 24.7 Å². The van der Waals surface area contributed by atoms with Crippen molar-refractivity contribution in [2.24, 2.45) is 0 Å². The topological polar surface area (TPSA) is 78.5 Å². The summed E-state index contributed by atoms with van der Waals surface area (Å²) in [6.07, 6.45) is 1.00. The number of nitrogens with one attached hydrogen (secondary N) is 2. The summed E-state index contributed by atoms with van der Waals surface area (Å²) in [5.41, 5.74) is 3.87. The number of imide groups is 1. The van der Waals surface area contributed by atoms with Crippen LogP contribution >= 0.6 is 11.8 Å². The Balaban J connectivity index is 1.33. The van der Waals surface area contributed by atoms with Crippen molar-refractivity contribution in [1.82, 2.24) is 0 Å². The standard InChI is InChI=1S/C32H26FN3O3S/c1-21-7-12-25(13-8-21)35-29-30(32(39)36(31(29)38)26-16-10-23(33)11-17-26)40-27-18-14-24(15-19-27)34-28(37)20-9-22-5-3-2-4-6-22/h2-8,10-19,35H,9,20H2,1H3,(H,34,37). The monoisotopic (exact) mass is 551 g/mol. The van der Waals surface area contributed by atoms with E-state index in [1.807, 2.05) is 61.5 Å². The fourth-order valence-corrected chi connectivity index (χ4v) is 5.10. The number of hydrogen-bond acceptors (Lipinski definition) is 5. The Morgan fingerprint density at radius 2 is 1.45 bits per heavy atom. The van der Waals surface area contributed by atoms with E-state index in [1.165, 1.54) is 24.3 Å². The van der Waals surface area contributed by atoms with Crippen LogP contribution in [0.2, 0.25) is 0 Å². The van der Waals surface area contributed by atoms with E-state index < -0.39 is 17.6 Å². The highest BCUT2D eigenvalue weighted by Crippen LogP contribution is 2.38. The Labute approximate surface area is 235 Å². The maximum Gasteiger partial charge on any atom is 0.283 e. The zero-order valence-electron chi connectivity index (χ0n) is 21.7. The van der Waals surface area contributed by atoms with Crippen molar-refractivity contribution in [3.63, 3.8) is 0 Å². The number of thioether (sulfide) groups is 1. The van der Waals surface area contributed by atoms with Gasteiger partial charge in [0.2, 0.25) is 5.91 Å². The number of amides is 3. The van der Waals surface area contributed by atoms with Crippen molar-refractivity contribution in [1.29, 1.82) is 0 Å². The van der Waals surface area contributed by atoms with Crippen LogP contribution < -0.4 is 15.5 Å². The van der Waals surface area contributed by atoms with Crippen molar-refractivity contribution in [3.8, 4) is 0 Å². The lowest BCUT2D eigenvalue weighted by molar-refractivity contribution is -0.120. The Morgan fingerprint density at radius 1 is 0.800 bits per heavy atom. The van der Waals surface area contributed by atoms with Crippen molar-refractivity contribution < 1.29 is 18.8 Å². The fraction of sp³-hybridized carbons (Fsp3) is 0.0938. The average Bonchev–Trinajstić information content (AvgIpc) is 3.19. The zero-order chi connectivity index (χ0) is 28.1. The first kappa shape index (κ1) is 26.9. The number of anilines is 3. The maximum atomic E-state index is 13.5. The van der Waals surface area contributed by atoms with Crippen LogP contribution in [0, 0.1) is 12.7 Å². The van der Waals surface area contributed by atoms with E-state index in [-0.39, 0.29) is 22.2 Å². The number of benzene rings is 4. The number of carbonyl (C=O) groups is 3. The highest BCUT2D eigenvalue weighted by Gasteiger charge is 2.40. The second-order valence-electron chi connectivity index (χ2n) is 9.28. The van der Waals surface area contributed by atoms with Crippen LogP contribution in [0.5, 0.6) is 0 Å². The molecule has 40 heavy (non-hydrogen) atoms. The van der Waals surface area contributed by atoms with E-state index >= 15 is 0 Å². The molecule has 1 heterocycles. The number of halogens is 1. The Morgan fingerprint density at radius 3 is 2.12 bits per heavy atom. The third-order valence-corrected chi connectivity index (χ3v) is 7.38. The molecule has 3 amide bonds. The predicted molar refractivity (Wildman–Crippen MR) is 156 cm³/mol. The van der Waals surface area contributed by atoms with Crippen LogP contribution in [0.3, 0.4) is 0 Å². The van der Waals surface area contributed by atoms with E-state index in [2.05, 4.69) is 10.6 Å². The van der Waals surface area contributed by atoms with Gasteiger partial charge in [0.05, 0.1) is 5.69 Å². The van der Waals surface area contributed by atoms with Gasteiger partial charge in [0, 0.05) is 22.7 Å². The quantitative estimate of drug-likeness (QED) is 0.227. The second-order valence-corrected chi connectivity index (χ2v) is 10.4. The van der Waals surface area contributed by atoms with E-state index in [4.69, 9.17) is 0 Å². The largest absolute Gasteiger partial charge is 0.350 e. The minimum Gasteiger partial charge on any atom is -0.350 e. The molecule has 0 fully saturated rings. The van der Waals surface area contributed by atoms with Gasteiger partial charge >= 0.3 is 0 Å². The molecule has 4 aromatic carbocycles. The molecule has 2 N–H and O–H groups in total. The SMILES string of the molecule is Cc1ccc(NC2=C(Sc3ccc(NC(=O)CCc4ccccc4)cc3)C(=O)N(c3ccc(F)cc3)C2=O)cc1. The van der Waals surface area contributed by atoms with Gasteiger partial charge in [-0.05, 0) is 79.6 Å². The summed E-state index contributed by atoms with van der Waals surface area (Å²) in [4.78, 5) is 41.3. The Hall–Kier alpha value is -4.69. The van der Waals surface area contributed by atoms with Gasteiger partial charge in [-0.2, -0.15) is 0 Å². The number of aryl methyl sites for hydroxylation is 2. The molecule has 0 atom stereocenters. The van der Waals surface area contributed by atoms with Gasteiger partial charge in [0.25, 0.3) is 11.8 Å². The van der Waals surface area contributed by atoms with E-state index in [0.29, 0.717) is 29.1 Å². The van der Waals surface area contributed by atoms with Gasteiger partial charge in [0.1, 0.15) is 16.4 Å². The lowest BCUT2D eigenvalue weighted by Gasteiger charge is -2.15. The zero-order valence-corrected chi connectivity index (χ0v) is 22.5. The van der Waals surface area contributed by atoms with E-state index in [9.17, 15) is 18.8 Å². The fourth-order valence-electron chi connectivity index (χ4n) is 4.17. The molecule has 4 aromatic rings. The normalized spacial score (nSPS) is 13.1. The summed E-state index contributed by atoms with van der Waals surface area (Å²) in [5, 5.41) is 6.01. The predicted octanol–water partition coefficient (Wildman–Crippen LogP) is 6.69. The lowest BCUT2D eigenvalue weighted by atomic mass is 10.1. The molecular weight excluding hydrogens is 525 g/mol. The molecule has 0 radical (unpaired) electrons. The molecule has 0 spiro atoms. The Bertz CT molecular complexity index is 1570. The summed E-state index contributed by atoms with van der Waals surface area (Å²) in [7, 11) is 0. The first-order valence-corrected chi connectivity index (χ1v) is 13.5. The molecule has 0 saturated heterocycles. The highest BCUT2D eigenvalue weighted by molar-refractivity contribution is 8.04. The summed E-state index contributed by atoms with van der Waals surface area (Å²) < 4.78 is 13.5. The van der Waals surface area contributed by atoms with Gasteiger partial charge in [-0.15, -0.1) is 0 Å². The molecule has 0 unspecified atom stereocenters. The van der Waals surface area contributed by atoms with Crippen LogP contribution in [-0.4, -0.2) is 17.7 Å². The van der Waals surface area contributed by atoms with Crippen LogP contribution in [0.1, 0.15) is 17.5 Å². The van der Waals surface area contributed by atoms with Crippen molar-refractivity contribution in [2.75, 3.05) is 15.5 Å². The number of nitrogens with zero attached hydrogens (tertiary/aromatic N) is 1. The molecule has 1 aliphatic heterocycles. The van der Waals surface area contributed by atoms with Gasteiger partial charge in [-0.1, -0.05) is 59.8 Å². The lowest BCUT2D eigenvalue weighted by Crippen LogP contribution is -2.32. The van der Waals surface area contributed by atoms with Gasteiger partial charge in [0.15, 0.2) is 0 Å². The smallest absolute Gasteiger partial charge is 0.283 e. The van der Waals surface area contributed by atoms with E-state index in [1.54, 1.807) is 24.3 Å². The summed E-state index contributed by atoms with van der Waals surface area (Å²) in [6.45, 7) is 1.96. The molecule has 0 bridgehead atoms. The minimum absolute atomic E-state index is 0.0944. The van der Waals surface area contributed by atoms with Crippen LogP contribution in [-0.2, 0) is 20.8 Å². The van der Waals surface area contributed by atoms with Gasteiger partial charge in [-0.3, -0.25) is 14.4 Å². The number of hydrogen-bond donors (Lipinski definition) is 2. The third-order valence-electron chi connectivity index (χ3n) is 6.29. The molecular formula is C32H26FN3O3S. The molecule has 0 aliphatic carbocycles. The van der Waals surface area contributed by atoms with Crippen molar-refractivity contribution in [3.05, 3.63) is 131 Å². The van der Waals surface area contributed by atoms with E-state index in [0.717, 1.165) is 27.8 Å². The minimum atomic E-state index is -0.526. The average molecular weight is 552 g/mol. The Kier molecular flexibility index (Phi) is 8.07. The molecule has 6 nitrogen and oxygen atoms in total. The molecule has 200 valence electrons. The highest BCUT2D eigenvalue weighted by atomic mass is 32.2. The van der Waals surface area contributed by atoms with Gasteiger partial charge < -0.3 is 10.6 Å². The van der Waals surface area contributed by atoms with Crippen LogP contribution in [0.4, 0.5) is 21.5 Å². The van der Waals surface area contributed by atoms with Crippen LogP contribution in [0.25, 0.3) is 0 Å². The van der Waals surface area contributed by atoms with Crippen LogP contribution in [0.15, 0.2) is 119 Å². The summed E-state index contributed by atoms with van der Waals surface area (Å²) in [5.74, 6) is -1.59. The third kappa shape index (κ3) is 6.30.